The van der Waals surface area contributed by atoms with Crippen LogP contribution < -0.4 is 0 Å². The van der Waals surface area contributed by atoms with E-state index >= 15 is 0 Å². The lowest BCUT2D eigenvalue weighted by molar-refractivity contribution is -0.170. The minimum absolute atomic E-state index is 0.00147. The maximum Gasteiger partial charge on any atom is 0.261 e. The third-order valence-electron chi connectivity index (χ3n) is 7.99. The van der Waals surface area contributed by atoms with Crippen molar-refractivity contribution >= 4 is 56.7 Å². The van der Waals surface area contributed by atoms with Crippen molar-refractivity contribution in [2.45, 2.75) is 71.4 Å². The number of Topliss-reactive ketones (excluding diaryl/α,β-unsaturated/α-hetero) is 2. The second kappa shape index (κ2) is 6.18. The van der Waals surface area contributed by atoms with E-state index in [1.165, 1.54) is 43.1 Å². The number of hydrogen-bond acceptors (Lipinski definition) is 9. The fourth-order valence-electron chi connectivity index (χ4n) is 6.62. The van der Waals surface area contributed by atoms with Gasteiger partial charge in [-0.15, -0.1) is 11.8 Å². The van der Waals surface area contributed by atoms with Gasteiger partial charge in [0.1, 0.15) is 11.6 Å². The van der Waals surface area contributed by atoms with E-state index in [4.69, 9.17) is 0 Å². The third kappa shape index (κ3) is 2.07. The molecule has 2 N–H and O–H groups in total. The van der Waals surface area contributed by atoms with Gasteiger partial charge in [-0.1, -0.05) is 21.6 Å². The summed E-state index contributed by atoms with van der Waals surface area (Å²) < 4.78 is 0. The smallest absolute Gasteiger partial charge is 0.261 e. The maximum atomic E-state index is 14.1. The Bertz CT molecular complexity index is 901. The van der Waals surface area contributed by atoms with Crippen molar-refractivity contribution in [3.05, 3.63) is 0 Å². The fourth-order valence-corrected chi connectivity index (χ4v) is 11.2. The van der Waals surface area contributed by atoms with E-state index in [-0.39, 0.29) is 60.7 Å². The zero-order valence-corrected chi connectivity index (χ0v) is 18.7. The Balaban J connectivity index is 1.54. The number of rotatable bonds is 1. The molecule has 0 unspecified atom stereocenters. The first-order valence-corrected chi connectivity index (χ1v) is 13.7. The number of piperazine rings is 1. The van der Waals surface area contributed by atoms with Gasteiger partial charge >= 0.3 is 0 Å². The number of hydrogen-bond donors (Lipinski definition) is 2. The molecule has 0 aromatic rings. The average Bonchev–Trinajstić information content (AvgIpc) is 3.24. The van der Waals surface area contributed by atoms with E-state index in [2.05, 4.69) is 0 Å². The highest BCUT2D eigenvalue weighted by molar-refractivity contribution is 8.77. The van der Waals surface area contributed by atoms with Gasteiger partial charge in [0.2, 0.25) is 0 Å². The Kier molecular flexibility index (Phi) is 4.10. The van der Waals surface area contributed by atoms with Crippen LogP contribution in [0.2, 0.25) is 0 Å². The number of carbonyl (C=O) groups is 4. The summed E-state index contributed by atoms with van der Waals surface area (Å²) in [6.07, 6.45) is 1.17. The fraction of sp³-hybridized carbons (Fsp3) is 0.789. The van der Waals surface area contributed by atoms with Gasteiger partial charge in [0.15, 0.2) is 9.74 Å². The van der Waals surface area contributed by atoms with Crippen molar-refractivity contribution in [2.24, 2.45) is 11.8 Å². The molecule has 3 bridgehead atoms. The third-order valence-corrected chi connectivity index (χ3v) is 12.7. The van der Waals surface area contributed by atoms with Crippen molar-refractivity contribution in [1.82, 2.24) is 9.80 Å². The SMILES string of the molecule is CS[C@@]12C[C@H]3C(=O)CC[C@H](O)[C@H]3N1C(=O)[C@@]13C[C@H]4C(=O)C[C@@H](SS1)[C@H](O)[C@H]4N3C2=O. The highest BCUT2D eigenvalue weighted by Crippen LogP contribution is 2.65. The molecule has 0 aromatic heterocycles. The molecule has 8 nitrogen and oxygen atoms in total. The minimum Gasteiger partial charge on any atom is -0.391 e. The average molecular weight is 471 g/mol. The zero-order valence-electron chi connectivity index (χ0n) is 16.2. The van der Waals surface area contributed by atoms with Gasteiger partial charge in [-0.3, -0.25) is 19.2 Å². The van der Waals surface area contributed by atoms with Crippen LogP contribution in [-0.4, -0.2) is 88.9 Å². The molecular formula is C19H22N2O6S3. The van der Waals surface area contributed by atoms with Crippen LogP contribution in [0.15, 0.2) is 0 Å². The lowest BCUT2D eigenvalue weighted by atomic mass is 9.80. The molecule has 0 aromatic carbocycles. The standard InChI is InChI=1S/C19H22N2O6S3/c1-28-18-5-7-9(22)2-3-10(23)13(7)20(18)17(27)19-6-8-11(24)4-12(29-30-19)15(25)14(8)21(19)16(18)26/h7-8,10,12-15,23,25H,2-6H2,1H3/t7-,8-,10-,12+,13-,14-,15-,18+,19+/m0/s1. The van der Waals surface area contributed by atoms with Gasteiger partial charge in [-0.2, -0.15) is 0 Å². The molecule has 9 atom stereocenters. The molecule has 2 amide bonds. The van der Waals surface area contributed by atoms with E-state index in [1.54, 1.807) is 6.26 Å². The second-order valence-corrected chi connectivity index (χ2v) is 13.0. The minimum atomic E-state index is -1.28. The number of nitrogens with zero attached hydrogens (tertiary/aromatic N) is 2. The Morgan fingerprint density at radius 1 is 1.00 bits per heavy atom. The first-order chi connectivity index (χ1) is 14.3. The van der Waals surface area contributed by atoms with E-state index in [1.807, 2.05) is 0 Å². The summed E-state index contributed by atoms with van der Waals surface area (Å²) in [5.74, 6) is -1.73. The monoisotopic (exact) mass is 470 g/mol. The molecule has 2 aliphatic carbocycles. The molecule has 0 radical (unpaired) electrons. The molecule has 4 saturated heterocycles. The molecule has 4 aliphatic heterocycles. The summed E-state index contributed by atoms with van der Waals surface area (Å²) in [6.45, 7) is 0. The van der Waals surface area contributed by atoms with Crippen molar-refractivity contribution in [2.75, 3.05) is 6.26 Å². The second-order valence-electron chi connectivity index (χ2n) is 9.18. The van der Waals surface area contributed by atoms with E-state index in [9.17, 15) is 29.4 Å². The number of aliphatic hydroxyl groups excluding tert-OH is 2. The van der Waals surface area contributed by atoms with Gasteiger partial charge in [-0.05, 0) is 12.7 Å². The van der Waals surface area contributed by atoms with Crippen molar-refractivity contribution in [3.8, 4) is 0 Å². The Labute approximate surface area is 185 Å². The summed E-state index contributed by atoms with van der Waals surface area (Å²) in [4.78, 5) is 54.2. The van der Waals surface area contributed by atoms with Crippen LogP contribution in [0, 0.1) is 11.8 Å². The Morgan fingerprint density at radius 2 is 1.73 bits per heavy atom. The van der Waals surface area contributed by atoms with Gasteiger partial charge in [0, 0.05) is 37.5 Å². The summed E-state index contributed by atoms with van der Waals surface area (Å²) >= 11 is 1.23. The van der Waals surface area contributed by atoms with Gasteiger partial charge < -0.3 is 20.0 Å². The summed E-state index contributed by atoms with van der Waals surface area (Å²) in [7, 11) is 2.60. The summed E-state index contributed by atoms with van der Waals surface area (Å²) in [6, 6.07) is -1.41. The maximum absolute atomic E-state index is 14.1. The molecule has 6 fully saturated rings. The normalized spacial score (nSPS) is 51.8. The molecule has 6 rings (SSSR count). The molecule has 162 valence electrons. The lowest BCUT2D eigenvalue weighted by Crippen LogP contribution is -2.74. The van der Waals surface area contributed by atoms with E-state index in [0.717, 1.165) is 0 Å². The molecule has 6 aliphatic rings. The van der Waals surface area contributed by atoms with Crippen LogP contribution in [0.3, 0.4) is 0 Å². The highest BCUT2D eigenvalue weighted by Gasteiger charge is 2.77. The van der Waals surface area contributed by atoms with Gasteiger partial charge in [0.25, 0.3) is 11.8 Å². The van der Waals surface area contributed by atoms with Crippen LogP contribution >= 0.6 is 33.3 Å². The van der Waals surface area contributed by atoms with Crippen LogP contribution in [0.4, 0.5) is 0 Å². The van der Waals surface area contributed by atoms with Crippen LogP contribution in [-0.2, 0) is 19.2 Å². The summed E-state index contributed by atoms with van der Waals surface area (Å²) in [5, 5.41) is 21.4. The molecule has 4 heterocycles. The first-order valence-electron chi connectivity index (χ1n) is 10.3. The van der Waals surface area contributed by atoms with Crippen molar-refractivity contribution < 1.29 is 29.4 Å². The highest BCUT2D eigenvalue weighted by atomic mass is 33.1. The molecule has 2 saturated carbocycles. The molecule has 30 heavy (non-hydrogen) atoms. The first kappa shape index (κ1) is 19.9. The van der Waals surface area contributed by atoms with Crippen molar-refractivity contribution in [3.63, 3.8) is 0 Å². The number of amides is 2. The van der Waals surface area contributed by atoms with E-state index in [0.29, 0.717) is 0 Å². The number of fused-ring (bicyclic) bond motifs is 4. The number of aliphatic hydroxyl groups is 2. The van der Waals surface area contributed by atoms with E-state index < -0.39 is 45.9 Å². The number of carbonyl (C=O) groups excluding carboxylic acids is 4. The lowest BCUT2D eigenvalue weighted by Gasteiger charge is -2.54. The van der Waals surface area contributed by atoms with Crippen LogP contribution in [0.1, 0.15) is 32.1 Å². The summed E-state index contributed by atoms with van der Waals surface area (Å²) in [5.41, 5.74) is 0. The quantitative estimate of drug-likeness (QED) is 0.512. The predicted octanol–water partition coefficient (Wildman–Crippen LogP) is 0.0109. The molecule has 11 heteroatoms. The van der Waals surface area contributed by atoms with Crippen molar-refractivity contribution in [1.29, 1.82) is 0 Å². The zero-order chi connectivity index (χ0) is 21.2. The largest absolute Gasteiger partial charge is 0.391 e. The number of ketones is 2. The predicted molar refractivity (Wildman–Crippen MR) is 111 cm³/mol. The molecular weight excluding hydrogens is 448 g/mol. The number of thioether (sulfide) groups is 1. The Hall–Kier alpha value is -0.750. The van der Waals surface area contributed by atoms with Crippen LogP contribution in [0.5, 0.6) is 0 Å². The molecule has 0 spiro atoms. The van der Waals surface area contributed by atoms with Gasteiger partial charge in [0.05, 0.1) is 29.5 Å². The van der Waals surface area contributed by atoms with Crippen LogP contribution in [0.25, 0.3) is 0 Å². The Morgan fingerprint density at radius 3 is 2.47 bits per heavy atom. The van der Waals surface area contributed by atoms with Gasteiger partial charge in [-0.25, -0.2) is 0 Å². The topological polar surface area (TPSA) is 115 Å².